The van der Waals surface area contributed by atoms with Gasteiger partial charge in [-0.3, -0.25) is 0 Å². The van der Waals surface area contributed by atoms with Crippen LogP contribution >= 0.6 is 35.3 Å². The number of phenolic OH excluding ortho intramolecular Hbond substituents is 3. The molecule has 0 spiro atoms. The van der Waals surface area contributed by atoms with Gasteiger partial charge in [0.2, 0.25) is 0 Å². The van der Waals surface area contributed by atoms with E-state index in [1.807, 2.05) is 36.4 Å². The Morgan fingerprint density at radius 1 is 0.314 bits per heavy atom. The maximum atomic E-state index is 9.81. The third kappa shape index (κ3) is 9.41. The van der Waals surface area contributed by atoms with E-state index in [2.05, 4.69) is 91.0 Å². The van der Waals surface area contributed by atoms with Crippen molar-refractivity contribution >= 4 is 35.3 Å². The zero-order valence-electron chi connectivity index (χ0n) is 27.8. The highest BCUT2D eigenvalue weighted by Crippen LogP contribution is 2.42. The average molecular weight is 721 g/mol. The summed E-state index contributed by atoms with van der Waals surface area (Å²) >= 11 is 5.34. The molecule has 0 atom stereocenters. The van der Waals surface area contributed by atoms with Gasteiger partial charge in [-0.25, -0.2) is 0 Å². The Bertz CT molecular complexity index is 1960. The first kappa shape index (κ1) is 34.4. The molecule has 0 heterocycles. The standard InChI is InChI=1S/C45H36O3S3/c46-37-19-13-31(14-20-37)25-34-7-1-4-10-43(34)49-40-28-41(50-44-11-5-2-8-35(44)26-32-15-21-38(47)22-16-32)30-42(29-40)51-45-12-6-3-9-36(45)27-33-17-23-39(48)24-18-33/h1-24,28-30,46-48H,25-27H2. The number of rotatable bonds is 12. The predicted octanol–water partition coefficient (Wildman–Crippen LogP) is 12.0. The second-order valence-corrected chi connectivity index (χ2v) is 15.6. The van der Waals surface area contributed by atoms with E-state index in [4.69, 9.17) is 0 Å². The Morgan fingerprint density at radius 3 is 0.843 bits per heavy atom. The molecule has 0 aliphatic carbocycles. The quantitative estimate of drug-likeness (QED) is 0.117. The van der Waals surface area contributed by atoms with E-state index in [0.29, 0.717) is 0 Å². The van der Waals surface area contributed by atoms with Gasteiger partial charge in [0.25, 0.3) is 0 Å². The Morgan fingerprint density at radius 2 is 0.569 bits per heavy atom. The molecular formula is C45H36O3S3. The normalized spacial score (nSPS) is 11.1. The van der Waals surface area contributed by atoms with Crippen LogP contribution in [0.25, 0.3) is 0 Å². The van der Waals surface area contributed by atoms with Crippen molar-refractivity contribution in [1.82, 2.24) is 0 Å². The Hall–Kier alpha value is -5.01. The molecule has 0 aromatic heterocycles. The summed E-state index contributed by atoms with van der Waals surface area (Å²) in [5.41, 5.74) is 7.16. The van der Waals surface area contributed by atoms with Gasteiger partial charge in [-0.05, 0) is 125 Å². The SMILES string of the molecule is Oc1ccc(Cc2ccccc2Sc2cc(Sc3ccccc3Cc3ccc(O)cc3)cc(Sc3ccccc3Cc3ccc(O)cc3)c2)cc1. The summed E-state index contributed by atoms with van der Waals surface area (Å²) < 4.78 is 0. The number of benzene rings is 7. The maximum absolute atomic E-state index is 9.81. The number of phenols is 3. The zero-order chi connectivity index (χ0) is 35.0. The maximum Gasteiger partial charge on any atom is 0.115 e. The molecule has 0 saturated carbocycles. The molecule has 0 fully saturated rings. The molecular weight excluding hydrogens is 685 g/mol. The molecule has 7 aromatic carbocycles. The van der Waals surface area contributed by atoms with Crippen molar-refractivity contribution in [2.75, 3.05) is 0 Å². The van der Waals surface area contributed by atoms with Crippen molar-refractivity contribution in [1.29, 1.82) is 0 Å². The van der Waals surface area contributed by atoms with Crippen molar-refractivity contribution < 1.29 is 15.3 Å². The predicted molar refractivity (Wildman–Crippen MR) is 211 cm³/mol. The first-order valence-electron chi connectivity index (χ1n) is 16.7. The summed E-state index contributed by atoms with van der Waals surface area (Å²) in [7, 11) is 0. The van der Waals surface area contributed by atoms with Gasteiger partial charge in [-0.15, -0.1) is 0 Å². The van der Waals surface area contributed by atoms with E-state index >= 15 is 0 Å². The lowest BCUT2D eigenvalue weighted by Gasteiger charge is -2.15. The highest BCUT2D eigenvalue weighted by atomic mass is 32.2. The second-order valence-electron chi connectivity index (χ2n) is 12.3. The van der Waals surface area contributed by atoms with Gasteiger partial charge in [0, 0.05) is 29.4 Å². The highest BCUT2D eigenvalue weighted by molar-refractivity contribution is 8.01. The lowest BCUT2D eigenvalue weighted by Crippen LogP contribution is -1.93. The van der Waals surface area contributed by atoms with Crippen molar-refractivity contribution in [3.8, 4) is 17.2 Å². The fourth-order valence-corrected chi connectivity index (χ4v) is 9.21. The van der Waals surface area contributed by atoms with E-state index in [1.54, 1.807) is 71.7 Å². The molecule has 51 heavy (non-hydrogen) atoms. The van der Waals surface area contributed by atoms with Crippen LogP contribution in [0.3, 0.4) is 0 Å². The third-order valence-electron chi connectivity index (χ3n) is 8.45. The largest absolute Gasteiger partial charge is 0.508 e. The average Bonchev–Trinajstić information content (AvgIpc) is 3.13. The van der Waals surface area contributed by atoms with Gasteiger partial charge in [0.15, 0.2) is 0 Å². The first-order valence-corrected chi connectivity index (χ1v) is 19.1. The zero-order valence-corrected chi connectivity index (χ0v) is 30.2. The Balaban J connectivity index is 1.22. The molecule has 0 aliphatic rings. The molecule has 0 bridgehead atoms. The van der Waals surface area contributed by atoms with E-state index in [0.717, 1.165) is 50.6 Å². The smallest absolute Gasteiger partial charge is 0.115 e. The molecule has 0 amide bonds. The van der Waals surface area contributed by atoms with E-state index < -0.39 is 0 Å². The molecule has 3 N–H and O–H groups in total. The second kappa shape index (κ2) is 16.3. The van der Waals surface area contributed by atoms with E-state index in [-0.39, 0.29) is 17.2 Å². The van der Waals surface area contributed by atoms with Gasteiger partial charge >= 0.3 is 0 Å². The fraction of sp³-hybridized carbons (Fsp3) is 0.0667. The summed E-state index contributed by atoms with van der Waals surface area (Å²) in [5.74, 6) is 0.820. The van der Waals surface area contributed by atoms with Crippen LogP contribution in [0.1, 0.15) is 33.4 Å². The number of hydrogen-bond acceptors (Lipinski definition) is 6. The van der Waals surface area contributed by atoms with Crippen molar-refractivity contribution in [2.45, 2.75) is 48.6 Å². The van der Waals surface area contributed by atoms with E-state index in [1.165, 1.54) is 31.4 Å². The van der Waals surface area contributed by atoms with Gasteiger partial charge in [0.05, 0.1) is 0 Å². The lowest BCUT2D eigenvalue weighted by atomic mass is 10.1. The fourth-order valence-electron chi connectivity index (χ4n) is 5.85. The van der Waals surface area contributed by atoms with Crippen molar-refractivity contribution in [2.24, 2.45) is 0 Å². The number of aromatic hydroxyl groups is 3. The molecule has 0 radical (unpaired) electrons. The lowest BCUT2D eigenvalue weighted by molar-refractivity contribution is 0.474. The third-order valence-corrected chi connectivity index (χ3v) is 11.7. The summed E-state index contributed by atoms with van der Waals surface area (Å²) in [6.07, 6.45) is 2.32. The molecule has 0 unspecified atom stereocenters. The number of hydrogen-bond donors (Lipinski definition) is 3. The minimum absolute atomic E-state index is 0.273. The van der Waals surface area contributed by atoms with Crippen LogP contribution in [0.5, 0.6) is 17.2 Å². The van der Waals surface area contributed by atoms with Crippen LogP contribution in [0.2, 0.25) is 0 Å². The summed E-state index contributed by atoms with van der Waals surface area (Å²) in [4.78, 5) is 7.07. The van der Waals surface area contributed by atoms with Gasteiger partial charge in [-0.1, -0.05) is 126 Å². The Kier molecular flexibility index (Phi) is 11.0. The van der Waals surface area contributed by atoms with E-state index in [9.17, 15) is 15.3 Å². The van der Waals surface area contributed by atoms with Crippen molar-refractivity contribution in [3.05, 3.63) is 197 Å². The van der Waals surface area contributed by atoms with Gasteiger partial charge in [0.1, 0.15) is 17.2 Å². The van der Waals surface area contributed by atoms with Crippen LogP contribution in [0.15, 0.2) is 193 Å². The first-order chi connectivity index (χ1) is 24.9. The topological polar surface area (TPSA) is 60.7 Å². The Labute approximate surface area is 312 Å². The van der Waals surface area contributed by atoms with Gasteiger partial charge < -0.3 is 15.3 Å². The molecule has 3 nitrogen and oxygen atoms in total. The van der Waals surface area contributed by atoms with Crippen LogP contribution in [-0.2, 0) is 19.3 Å². The molecule has 7 aromatic rings. The summed E-state index contributed by atoms with van der Waals surface area (Å²) in [5, 5.41) is 29.4. The summed E-state index contributed by atoms with van der Waals surface area (Å²) in [6.45, 7) is 0. The minimum Gasteiger partial charge on any atom is -0.508 e. The van der Waals surface area contributed by atoms with Crippen LogP contribution < -0.4 is 0 Å². The van der Waals surface area contributed by atoms with Crippen molar-refractivity contribution in [3.63, 3.8) is 0 Å². The minimum atomic E-state index is 0.273. The summed E-state index contributed by atoms with van der Waals surface area (Å²) in [6, 6.07) is 54.9. The molecule has 6 heteroatoms. The van der Waals surface area contributed by atoms with Crippen LogP contribution in [-0.4, -0.2) is 15.3 Å². The van der Waals surface area contributed by atoms with Crippen LogP contribution in [0, 0.1) is 0 Å². The van der Waals surface area contributed by atoms with Crippen LogP contribution in [0.4, 0.5) is 0 Å². The molecule has 0 aliphatic heterocycles. The van der Waals surface area contributed by atoms with Gasteiger partial charge in [-0.2, -0.15) is 0 Å². The molecule has 252 valence electrons. The highest BCUT2D eigenvalue weighted by Gasteiger charge is 2.13. The monoisotopic (exact) mass is 720 g/mol. The molecule has 7 rings (SSSR count). The molecule has 0 saturated heterocycles.